The predicted molar refractivity (Wildman–Crippen MR) is 82.8 cm³/mol. The molecule has 1 N–H and O–H groups in total. The number of piperidine rings is 1. The number of benzene rings is 1. The highest BCUT2D eigenvalue weighted by Crippen LogP contribution is 2.22. The zero-order valence-electron chi connectivity index (χ0n) is 13.1. The molecule has 2 rings (SSSR count). The topological polar surface area (TPSA) is 66.8 Å². The van der Waals surface area contributed by atoms with Gasteiger partial charge in [0.25, 0.3) is 5.91 Å². The molecule has 0 spiro atoms. The summed E-state index contributed by atoms with van der Waals surface area (Å²) in [7, 11) is 0. The Morgan fingerprint density at radius 3 is 2.50 bits per heavy atom. The van der Waals surface area contributed by atoms with Gasteiger partial charge in [0, 0.05) is 13.1 Å². The maximum atomic E-state index is 12.6. The fraction of sp³-hybridized carbons (Fsp3) is 0.529. The monoisotopic (exact) mass is 305 g/mol. The van der Waals surface area contributed by atoms with Crippen LogP contribution in [0.4, 0.5) is 0 Å². The Bertz CT molecular complexity index is 535. The number of carbonyl (C=O) groups is 2. The number of rotatable bonds is 5. The number of amides is 1. The van der Waals surface area contributed by atoms with Gasteiger partial charge < -0.3 is 14.7 Å². The fourth-order valence-corrected chi connectivity index (χ4v) is 2.70. The van der Waals surface area contributed by atoms with Crippen LogP contribution >= 0.6 is 0 Å². The Morgan fingerprint density at radius 1 is 1.32 bits per heavy atom. The van der Waals surface area contributed by atoms with Crippen molar-refractivity contribution in [2.45, 2.75) is 39.2 Å². The quantitative estimate of drug-likeness (QED) is 0.907. The van der Waals surface area contributed by atoms with Crippen LogP contribution in [0.25, 0.3) is 0 Å². The molecule has 5 heteroatoms. The minimum Gasteiger partial charge on any atom is -0.481 e. The van der Waals surface area contributed by atoms with Gasteiger partial charge >= 0.3 is 5.97 Å². The second-order valence-electron chi connectivity index (χ2n) is 5.72. The van der Waals surface area contributed by atoms with Gasteiger partial charge in [-0.05, 0) is 37.8 Å². The van der Waals surface area contributed by atoms with Crippen LogP contribution in [0.15, 0.2) is 24.3 Å². The Labute approximate surface area is 130 Å². The highest BCUT2D eigenvalue weighted by Gasteiger charge is 2.31. The SMILES string of the molecule is CC[C@@H](Oc1ccccc1C)C(=O)N1CCC(C(=O)O)CC1. The van der Waals surface area contributed by atoms with E-state index in [0.717, 1.165) is 11.3 Å². The molecule has 0 radical (unpaired) electrons. The minimum atomic E-state index is -0.768. The van der Waals surface area contributed by atoms with E-state index in [4.69, 9.17) is 9.84 Å². The first-order valence-corrected chi connectivity index (χ1v) is 7.76. The average molecular weight is 305 g/mol. The molecule has 1 aromatic rings. The number of likely N-dealkylation sites (tertiary alicyclic amines) is 1. The van der Waals surface area contributed by atoms with Crippen LogP contribution in [0.2, 0.25) is 0 Å². The zero-order valence-corrected chi connectivity index (χ0v) is 13.1. The fourth-order valence-electron chi connectivity index (χ4n) is 2.70. The Balaban J connectivity index is 1.98. The number of aliphatic carboxylic acids is 1. The van der Waals surface area contributed by atoms with Gasteiger partial charge in [-0.3, -0.25) is 9.59 Å². The number of carboxylic acids is 1. The lowest BCUT2D eigenvalue weighted by Crippen LogP contribution is -2.46. The molecule has 0 saturated carbocycles. The second-order valence-corrected chi connectivity index (χ2v) is 5.72. The van der Waals surface area contributed by atoms with Crippen molar-refractivity contribution in [3.63, 3.8) is 0 Å². The first kappa shape index (κ1) is 16.3. The molecule has 1 aliphatic rings. The number of carbonyl (C=O) groups excluding carboxylic acids is 1. The molecular formula is C17H23NO4. The van der Waals surface area contributed by atoms with Crippen molar-refractivity contribution < 1.29 is 19.4 Å². The normalized spacial score (nSPS) is 17.1. The molecule has 1 amide bonds. The van der Waals surface area contributed by atoms with Gasteiger partial charge in [0.1, 0.15) is 5.75 Å². The van der Waals surface area contributed by atoms with Gasteiger partial charge in [-0.25, -0.2) is 0 Å². The van der Waals surface area contributed by atoms with Gasteiger partial charge in [0.15, 0.2) is 6.10 Å². The number of aryl methyl sites for hydroxylation is 1. The van der Waals surface area contributed by atoms with E-state index in [-0.39, 0.29) is 11.8 Å². The molecule has 1 fully saturated rings. The largest absolute Gasteiger partial charge is 0.481 e. The summed E-state index contributed by atoms with van der Waals surface area (Å²) in [6, 6.07) is 7.63. The van der Waals surface area contributed by atoms with E-state index in [0.29, 0.717) is 32.4 Å². The summed E-state index contributed by atoms with van der Waals surface area (Å²) >= 11 is 0. The first-order valence-electron chi connectivity index (χ1n) is 7.76. The van der Waals surface area contributed by atoms with Gasteiger partial charge in [0.2, 0.25) is 0 Å². The number of hydrogen-bond acceptors (Lipinski definition) is 3. The number of para-hydroxylation sites is 1. The Hall–Kier alpha value is -2.04. The summed E-state index contributed by atoms with van der Waals surface area (Å²) < 4.78 is 5.88. The van der Waals surface area contributed by atoms with E-state index in [1.807, 2.05) is 38.1 Å². The number of nitrogens with zero attached hydrogens (tertiary/aromatic N) is 1. The lowest BCUT2D eigenvalue weighted by molar-refractivity contribution is -0.147. The number of hydrogen-bond donors (Lipinski definition) is 1. The van der Waals surface area contributed by atoms with Crippen molar-refractivity contribution in [1.82, 2.24) is 4.90 Å². The molecule has 0 aromatic heterocycles. The van der Waals surface area contributed by atoms with Crippen molar-refractivity contribution in [3.05, 3.63) is 29.8 Å². The highest BCUT2D eigenvalue weighted by atomic mass is 16.5. The summed E-state index contributed by atoms with van der Waals surface area (Å²) in [5, 5.41) is 9.02. The number of carboxylic acid groups (broad SMARTS) is 1. The molecule has 0 unspecified atom stereocenters. The van der Waals surface area contributed by atoms with Crippen molar-refractivity contribution in [2.24, 2.45) is 5.92 Å². The maximum Gasteiger partial charge on any atom is 0.306 e. The third-order valence-electron chi connectivity index (χ3n) is 4.16. The van der Waals surface area contributed by atoms with Crippen LogP contribution in [0.5, 0.6) is 5.75 Å². The van der Waals surface area contributed by atoms with Crippen LogP contribution in [0.1, 0.15) is 31.7 Å². The molecule has 0 aliphatic carbocycles. The van der Waals surface area contributed by atoms with Gasteiger partial charge in [-0.15, -0.1) is 0 Å². The van der Waals surface area contributed by atoms with Crippen LogP contribution < -0.4 is 4.74 Å². The Morgan fingerprint density at radius 2 is 1.95 bits per heavy atom. The predicted octanol–water partition coefficient (Wildman–Crippen LogP) is 2.48. The van der Waals surface area contributed by atoms with E-state index >= 15 is 0 Å². The van der Waals surface area contributed by atoms with Crippen LogP contribution in [-0.2, 0) is 9.59 Å². The van der Waals surface area contributed by atoms with E-state index in [1.54, 1.807) is 4.90 Å². The van der Waals surface area contributed by atoms with Crippen molar-refractivity contribution >= 4 is 11.9 Å². The molecule has 22 heavy (non-hydrogen) atoms. The second kappa shape index (κ2) is 7.29. The molecule has 1 aliphatic heterocycles. The smallest absolute Gasteiger partial charge is 0.306 e. The van der Waals surface area contributed by atoms with Gasteiger partial charge in [0.05, 0.1) is 5.92 Å². The van der Waals surface area contributed by atoms with Crippen molar-refractivity contribution in [2.75, 3.05) is 13.1 Å². The lowest BCUT2D eigenvalue weighted by Gasteiger charge is -2.32. The van der Waals surface area contributed by atoms with Crippen LogP contribution in [0.3, 0.4) is 0 Å². The van der Waals surface area contributed by atoms with Gasteiger partial charge in [-0.1, -0.05) is 25.1 Å². The van der Waals surface area contributed by atoms with Crippen molar-refractivity contribution in [3.8, 4) is 5.75 Å². The first-order chi connectivity index (χ1) is 10.5. The standard InChI is InChI=1S/C17H23NO4/c1-3-14(22-15-7-5-4-6-12(15)2)16(19)18-10-8-13(9-11-18)17(20)21/h4-7,13-14H,3,8-11H2,1-2H3,(H,20,21)/t14-/m1/s1. The zero-order chi connectivity index (χ0) is 16.1. The van der Waals surface area contributed by atoms with Crippen molar-refractivity contribution in [1.29, 1.82) is 0 Å². The molecule has 1 aromatic carbocycles. The summed E-state index contributed by atoms with van der Waals surface area (Å²) in [5.74, 6) is -0.422. The molecular weight excluding hydrogens is 282 g/mol. The molecule has 120 valence electrons. The minimum absolute atomic E-state index is 0.0467. The third kappa shape index (κ3) is 3.78. The molecule has 0 bridgehead atoms. The van der Waals surface area contributed by atoms with E-state index in [2.05, 4.69) is 0 Å². The number of ether oxygens (including phenoxy) is 1. The van der Waals surface area contributed by atoms with E-state index in [1.165, 1.54) is 0 Å². The van der Waals surface area contributed by atoms with Crippen LogP contribution in [-0.4, -0.2) is 41.1 Å². The van der Waals surface area contributed by atoms with Crippen LogP contribution in [0, 0.1) is 12.8 Å². The lowest BCUT2D eigenvalue weighted by atomic mass is 9.96. The molecule has 1 saturated heterocycles. The summed E-state index contributed by atoms with van der Waals surface area (Å²) in [6.45, 7) is 4.85. The molecule has 5 nitrogen and oxygen atoms in total. The third-order valence-corrected chi connectivity index (χ3v) is 4.16. The molecule has 1 heterocycles. The Kier molecular flexibility index (Phi) is 5.41. The summed E-state index contributed by atoms with van der Waals surface area (Å²) in [5.41, 5.74) is 0.998. The van der Waals surface area contributed by atoms with Gasteiger partial charge in [-0.2, -0.15) is 0 Å². The van der Waals surface area contributed by atoms with E-state index in [9.17, 15) is 9.59 Å². The maximum absolute atomic E-state index is 12.6. The average Bonchev–Trinajstić information content (AvgIpc) is 2.53. The van der Waals surface area contributed by atoms with E-state index < -0.39 is 12.1 Å². The summed E-state index contributed by atoms with van der Waals surface area (Å²) in [6.07, 6.45) is 1.11. The molecule has 1 atom stereocenters. The highest BCUT2D eigenvalue weighted by molar-refractivity contribution is 5.81. The summed E-state index contributed by atoms with van der Waals surface area (Å²) in [4.78, 5) is 25.3.